The standard InChI is InChI=1S/C15H19N3O2/c1-2-14(19)16-12-9-7-11(8-10-12)15(20)18-17-13-5-3-4-6-13/h7-10H,2-6H2,1H3,(H,16,19)(H,18,20). The molecule has 0 aliphatic heterocycles. The molecule has 20 heavy (non-hydrogen) atoms. The molecule has 5 heteroatoms. The summed E-state index contributed by atoms with van der Waals surface area (Å²) in [6, 6.07) is 6.78. The molecule has 0 bridgehead atoms. The van der Waals surface area contributed by atoms with Crippen LogP contribution in [0.3, 0.4) is 0 Å². The zero-order chi connectivity index (χ0) is 14.4. The Kier molecular flexibility index (Phi) is 4.87. The maximum Gasteiger partial charge on any atom is 0.271 e. The van der Waals surface area contributed by atoms with Crippen LogP contribution in [0.2, 0.25) is 0 Å². The highest BCUT2D eigenvalue weighted by Crippen LogP contribution is 2.14. The predicted molar refractivity (Wildman–Crippen MR) is 78.7 cm³/mol. The minimum atomic E-state index is -0.224. The fraction of sp³-hybridized carbons (Fsp3) is 0.400. The quantitative estimate of drug-likeness (QED) is 0.828. The van der Waals surface area contributed by atoms with Crippen molar-refractivity contribution < 1.29 is 9.59 Å². The molecule has 0 unspecified atom stereocenters. The number of hydrazone groups is 1. The monoisotopic (exact) mass is 273 g/mol. The average Bonchev–Trinajstić information content (AvgIpc) is 2.98. The maximum absolute atomic E-state index is 11.9. The van der Waals surface area contributed by atoms with Gasteiger partial charge in [-0.3, -0.25) is 9.59 Å². The summed E-state index contributed by atoms with van der Waals surface area (Å²) in [5.74, 6) is -0.271. The van der Waals surface area contributed by atoms with Gasteiger partial charge >= 0.3 is 0 Å². The van der Waals surface area contributed by atoms with E-state index in [0.29, 0.717) is 17.7 Å². The number of carbonyl (C=O) groups is 2. The molecule has 1 aliphatic carbocycles. The van der Waals surface area contributed by atoms with Crippen molar-refractivity contribution in [3.05, 3.63) is 29.8 Å². The Morgan fingerprint density at radius 3 is 2.40 bits per heavy atom. The third kappa shape index (κ3) is 3.91. The summed E-state index contributed by atoms with van der Waals surface area (Å²) in [5, 5.41) is 6.87. The highest BCUT2D eigenvalue weighted by Gasteiger charge is 2.10. The first kappa shape index (κ1) is 14.2. The van der Waals surface area contributed by atoms with Crippen LogP contribution in [0.15, 0.2) is 29.4 Å². The Bertz CT molecular complexity index is 512. The highest BCUT2D eigenvalue weighted by atomic mass is 16.2. The Balaban J connectivity index is 1.93. The molecule has 1 aliphatic rings. The fourth-order valence-corrected chi connectivity index (χ4v) is 2.04. The van der Waals surface area contributed by atoms with Crippen molar-refractivity contribution in [3.63, 3.8) is 0 Å². The van der Waals surface area contributed by atoms with Crippen LogP contribution in [0, 0.1) is 0 Å². The first-order valence-electron chi connectivity index (χ1n) is 6.94. The third-order valence-corrected chi connectivity index (χ3v) is 3.25. The number of rotatable bonds is 4. The number of benzene rings is 1. The summed E-state index contributed by atoms with van der Waals surface area (Å²) in [4.78, 5) is 23.1. The van der Waals surface area contributed by atoms with Gasteiger partial charge in [-0.15, -0.1) is 0 Å². The van der Waals surface area contributed by atoms with Gasteiger partial charge in [0.25, 0.3) is 5.91 Å². The highest BCUT2D eigenvalue weighted by molar-refractivity contribution is 5.96. The lowest BCUT2D eigenvalue weighted by molar-refractivity contribution is -0.115. The van der Waals surface area contributed by atoms with Crippen molar-refractivity contribution in [3.8, 4) is 0 Å². The molecule has 0 radical (unpaired) electrons. The predicted octanol–water partition coefficient (Wildman–Crippen LogP) is 2.69. The molecule has 1 aromatic carbocycles. The van der Waals surface area contributed by atoms with E-state index in [0.717, 1.165) is 31.4 Å². The van der Waals surface area contributed by atoms with Crippen molar-refractivity contribution in [1.82, 2.24) is 5.43 Å². The van der Waals surface area contributed by atoms with Crippen LogP contribution in [0.1, 0.15) is 49.4 Å². The zero-order valence-corrected chi connectivity index (χ0v) is 11.6. The Hall–Kier alpha value is -2.17. The Morgan fingerprint density at radius 2 is 1.80 bits per heavy atom. The molecule has 5 nitrogen and oxygen atoms in total. The lowest BCUT2D eigenvalue weighted by Gasteiger charge is -2.05. The van der Waals surface area contributed by atoms with Crippen molar-refractivity contribution >= 4 is 23.2 Å². The van der Waals surface area contributed by atoms with E-state index in [1.54, 1.807) is 31.2 Å². The molecule has 1 fully saturated rings. The van der Waals surface area contributed by atoms with E-state index in [9.17, 15) is 9.59 Å². The van der Waals surface area contributed by atoms with E-state index in [2.05, 4.69) is 15.8 Å². The largest absolute Gasteiger partial charge is 0.326 e. The van der Waals surface area contributed by atoms with E-state index >= 15 is 0 Å². The number of hydrogen-bond donors (Lipinski definition) is 2. The van der Waals surface area contributed by atoms with E-state index in [4.69, 9.17) is 0 Å². The second-order valence-electron chi connectivity index (χ2n) is 4.81. The van der Waals surface area contributed by atoms with Crippen LogP contribution >= 0.6 is 0 Å². The van der Waals surface area contributed by atoms with Crippen LogP contribution in [0.5, 0.6) is 0 Å². The van der Waals surface area contributed by atoms with Crippen molar-refractivity contribution in [2.75, 3.05) is 5.32 Å². The summed E-state index contributed by atoms with van der Waals surface area (Å²) in [6.07, 6.45) is 4.69. The maximum atomic E-state index is 11.9. The van der Waals surface area contributed by atoms with E-state index in [1.165, 1.54) is 0 Å². The summed E-state index contributed by atoms with van der Waals surface area (Å²) >= 11 is 0. The minimum Gasteiger partial charge on any atom is -0.326 e. The smallest absolute Gasteiger partial charge is 0.271 e. The molecular formula is C15H19N3O2. The van der Waals surface area contributed by atoms with Crippen molar-refractivity contribution in [2.45, 2.75) is 39.0 Å². The molecule has 0 atom stereocenters. The minimum absolute atomic E-state index is 0.0464. The first-order valence-corrected chi connectivity index (χ1v) is 6.94. The van der Waals surface area contributed by atoms with Gasteiger partial charge in [0.2, 0.25) is 5.91 Å². The SMILES string of the molecule is CCC(=O)Nc1ccc(C(=O)NN=C2CCCC2)cc1. The van der Waals surface area contributed by atoms with Crippen LogP contribution in [-0.2, 0) is 4.79 Å². The van der Waals surface area contributed by atoms with Gasteiger partial charge in [0.15, 0.2) is 0 Å². The van der Waals surface area contributed by atoms with Crippen LogP contribution < -0.4 is 10.7 Å². The van der Waals surface area contributed by atoms with Crippen LogP contribution in [0.4, 0.5) is 5.69 Å². The second kappa shape index (κ2) is 6.84. The third-order valence-electron chi connectivity index (χ3n) is 3.25. The molecule has 1 aromatic rings. The summed E-state index contributed by atoms with van der Waals surface area (Å²) < 4.78 is 0. The molecule has 106 valence electrons. The van der Waals surface area contributed by atoms with Gasteiger partial charge in [-0.2, -0.15) is 5.10 Å². The van der Waals surface area contributed by atoms with Gasteiger partial charge in [0, 0.05) is 23.4 Å². The summed E-state index contributed by atoms with van der Waals surface area (Å²) in [5.41, 5.74) is 4.85. The van der Waals surface area contributed by atoms with Gasteiger partial charge in [-0.05, 0) is 49.9 Å². The van der Waals surface area contributed by atoms with Crippen LogP contribution in [-0.4, -0.2) is 17.5 Å². The number of nitrogens with one attached hydrogen (secondary N) is 2. The molecule has 1 saturated carbocycles. The van der Waals surface area contributed by atoms with Gasteiger partial charge < -0.3 is 5.32 Å². The second-order valence-corrected chi connectivity index (χ2v) is 4.81. The lowest BCUT2D eigenvalue weighted by Crippen LogP contribution is -2.19. The molecule has 2 amide bonds. The van der Waals surface area contributed by atoms with Gasteiger partial charge in [0.1, 0.15) is 0 Å². The molecule has 0 aromatic heterocycles. The topological polar surface area (TPSA) is 70.6 Å². The molecule has 0 heterocycles. The lowest BCUT2D eigenvalue weighted by atomic mass is 10.2. The van der Waals surface area contributed by atoms with Crippen LogP contribution in [0.25, 0.3) is 0 Å². The average molecular weight is 273 g/mol. The normalized spacial score (nSPS) is 13.9. The number of amides is 2. The number of hydrogen-bond acceptors (Lipinski definition) is 3. The molecule has 0 saturated heterocycles. The summed E-state index contributed by atoms with van der Waals surface area (Å²) in [7, 11) is 0. The van der Waals surface area contributed by atoms with Gasteiger partial charge in [-0.1, -0.05) is 6.92 Å². The molecule has 0 spiro atoms. The van der Waals surface area contributed by atoms with Crippen molar-refractivity contribution in [2.24, 2.45) is 5.10 Å². The zero-order valence-electron chi connectivity index (χ0n) is 11.6. The van der Waals surface area contributed by atoms with E-state index < -0.39 is 0 Å². The molecular weight excluding hydrogens is 254 g/mol. The Labute approximate surface area is 118 Å². The molecule has 2 rings (SSSR count). The van der Waals surface area contributed by atoms with E-state index in [-0.39, 0.29) is 11.8 Å². The van der Waals surface area contributed by atoms with Gasteiger partial charge in [-0.25, -0.2) is 5.43 Å². The summed E-state index contributed by atoms with van der Waals surface area (Å²) in [6.45, 7) is 1.79. The van der Waals surface area contributed by atoms with Gasteiger partial charge in [0.05, 0.1) is 0 Å². The number of carbonyl (C=O) groups excluding carboxylic acids is 2. The fourth-order valence-electron chi connectivity index (χ4n) is 2.04. The Morgan fingerprint density at radius 1 is 1.15 bits per heavy atom. The number of anilines is 1. The van der Waals surface area contributed by atoms with E-state index in [1.807, 2.05) is 0 Å². The first-order chi connectivity index (χ1) is 9.69. The molecule has 2 N–H and O–H groups in total. The number of nitrogens with zero attached hydrogens (tertiary/aromatic N) is 1. The van der Waals surface area contributed by atoms with Crippen molar-refractivity contribution in [1.29, 1.82) is 0 Å².